The van der Waals surface area contributed by atoms with Crippen molar-refractivity contribution in [1.82, 2.24) is 10.6 Å². The fourth-order valence-corrected chi connectivity index (χ4v) is 1.71. The summed E-state index contributed by atoms with van der Waals surface area (Å²) in [6.45, 7) is 4.84. The monoisotopic (exact) mass is 286 g/mol. The zero-order valence-electron chi connectivity index (χ0n) is 11.9. The molecule has 2 atom stereocenters. The van der Waals surface area contributed by atoms with E-state index in [9.17, 15) is 13.6 Å². The molecule has 6 heteroatoms. The van der Waals surface area contributed by atoms with Gasteiger partial charge in [0.15, 0.2) is 0 Å². The summed E-state index contributed by atoms with van der Waals surface area (Å²) in [5, 5.41) is 5.82. The quantitative estimate of drug-likeness (QED) is 0.802. The van der Waals surface area contributed by atoms with Crippen molar-refractivity contribution >= 4 is 5.91 Å². The van der Waals surface area contributed by atoms with Gasteiger partial charge in [0.1, 0.15) is 11.6 Å². The van der Waals surface area contributed by atoms with Gasteiger partial charge < -0.3 is 15.4 Å². The molecule has 1 amide bonds. The molecule has 0 aliphatic carbocycles. The molecule has 0 saturated heterocycles. The van der Waals surface area contributed by atoms with E-state index in [1.54, 1.807) is 14.0 Å². The van der Waals surface area contributed by atoms with Crippen LogP contribution in [0.2, 0.25) is 0 Å². The van der Waals surface area contributed by atoms with Crippen molar-refractivity contribution in [3.05, 3.63) is 35.4 Å². The molecule has 0 spiro atoms. The molecule has 20 heavy (non-hydrogen) atoms. The molecular weight excluding hydrogens is 266 g/mol. The summed E-state index contributed by atoms with van der Waals surface area (Å²) >= 11 is 0. The molecule has 0 heterocycles. The van der Waals surface area contributed by atoms with Crippen LogP contribution in [0.4, 0.5) is 8.78 Å². The van der Waals surface area contributed by atoms with Crippen LogP contribution >= 0.6 is 0 Å². The smallest absolute Gasteiger partial charge is 0.254 e. The number of benzene rings is 1. The van der Waals surface area contributed by atoms with Gasteiger partial charge in [-0.15, -0.1) is 0 Å². The van der Waals surface area contributed by atoms with Crippen LogP contribution in [0, 0.1) is 11.6 Å². The number of carbonyl (C=O) groups is 1. The molecule has 4 nitrogen and oxygen atoms in total. The average molecular weight is 286 g/mol. The highest BCUT2D eigenvalue weighted by Crippen LogP contribution is 2.09. The maximum atomic E-state index is 13.4. The molecule has 1 unspecified atom stereocenters. The molecule has 1 rings (SSSR count). The van der Waals surface area contributed by atoms with Crippen molar-refractivity contribution in [2.24, 2.45) is 0 Å². The summed E-state index contributed by atoms with van der Waals surface area (Å²) in [6.07, 6.45) is 0. The third-order valence-corrected chi connectivity index (χ3v) is 2.74. The second-order valence-electron chi connectivity index (χ2n) is 4.76. The van der Waals surface area contributed by atoms with Gasteiger partial charge in [-0.2, -0.15) is 0 Å². The van der Waals surface area contributed by atoms with E-state index >= 15 is 0 Å². The zero-order chi connectivity index (χ0) is 15.1. The van der Waals surface area contributed by atoms with Crippen LogP contribution in [0.5, 0.6) is 0 Å². The van der Waals surface area contributed by atoms with Gasteiger partial charge in [-0.3, -0.25) is 4.79 Å². The van der Waals surface area contributed by atoms with Crippen LogP contribution in [-0.2, 0) is 4.74 Å². The van der Waals surface area contributed by atoms with E-state index in [4.69, 9.17) is 4.74 Å². The first-order valence-corrected chi connectivity index (χ1v) is 6.42. The number of halogens is 2. The molecule has 0 fully saturated rings. The van der Waals surface area contributed by atoms with Crippen LogP contribution in [0.25, 0.3) is 0 Å². The minimum absolute atomic E-state index is 0.155. The third-order valence-electron chi connectivity index (χ3n) is 2.74. The standard InChI is InChI=1S/C14H20F2N2O2/c1-9(7-17-10(2)8-20-3)18-14(19)12-5-4-11(15)6-13(12)16/h4-6,9-10,17H,7-8H2,1-3H3,(H,18,19)/t9-,10?/m1/s1. The molecule has 2 N–H and O–H groups in total. The molecule has 112 valence electrons. The predicted molar refractivity (Wildman–Crippen MR) is 72.6 cm³/mol. The Morgan fingerprint density at radius 1 is 1.30 bits per heavy atom. The number of carbonyl (C=O) groups excluding carboxylic acids is 1. The SMILES string of the molecule is COCC(C)NC[C@@H](C)NC(=O)c1ccc(F)cc1F. The largest absolute Gasteiger partial charge is 0.383 e. The van der Waals surface area contributed by atoms with E-state index in [1.807, 2.05) is 6.92 Å². The topological polar surface area (TPSA) is 50.4 Å². The van der Waals surface area contributed by atoms with E-state index in [0.717, 1.165) is 12.1 Å². The lowest BCUT2D eigenvalue weighted by molar-refractivity contribution is 0.0933. The Balaban J connectivity index is 2.49. The van der Waals surface area contributed by atoms with Gasteiger partial charge in [0.25, 0.3) is 5.91 Å². The van der Waals surface area contributed by atoms with Gasteiger partial charge in [0, 0.05) is 31.8 Å². The van der Waals surface area contributed by atoms with E-state index in [-0.39, 0.29) is 17.6 Å². The van der Waals surface area contributed by atoms with Crippen LogP contribution in [0.1, 0.15) is 24.2 Å². The Kier molecular flexibility index (Phi) is 6.54. The van der Waals surface area contributed by atoms with Crippen LogP contribution < -0.4 is 10.6 Å². The van der Waals surface area contributed by atoms with Crippen LogP contribution in [0.3, 0.4) is 0 Å². The summed E-state index contributed by atoms with van der Waals surface area (Å²) in [5.74, 6) is -2.13. The van der Waals surface area contributed by atoms with Crippen LogP contribution in [0.15, 0.2) is 18.2 Å². The Morgan fingerprint density at radius 2 is 2.00 bits per heavy atom. The number of methoxy groups -OCH3 is 1. The molecule has 0 radical (unpaired) electrons. The van der Waals surface area contributed by atoms with Crippen molar-refractivity contribution in [2.45, 2.75) is 25.9 Å². The molecule has 0 bridgehead atoms. The Labute approximate surface area is 117 Å². The Hall–Kier alpha value is -1.53. The first-order valence-electron chi connectivity index (χ1n) is 6.42. The van der Waals surface area contributed by atoms with Crippen molar-refractivity contribution in [2.75, 3.05) is 20.3 Å². The fourth-order valence-electron chi connectivity index (χ4n) is 1.71. The first kappa shape index (κ1) is 16.5. The van der Waals surface area contributed by atoms with E-state index in [0.29, 0.717) is 19.2 Å². The second kappa shape index (κ2) is 7.91. The molecule has 0 saturated carbocycles. The fraction of sp³-hybridized carbons (Fsp3) is 0.500. The maximum absolute atomic E-state index is 13.4. The summed E-state index contributed by atoms with van der Waals surface area (Å²) in [5.41, 5.74) is -0.164. The molecular formula is C14H20F2N2O2. The number of amides is 1. The first-order chi connectivity index (χ1) is 9.43. The summed E-state index contributed by atoms with van der Waals surface area (Å²) in [4.78, 5) is 11.8. The molecule has 1 aromatic carbocycles. The molecule has 0 aliphatic heterocycles. The lowest BCUT2D eigenvalue weighted by atomic mass is 10.2. The van der Waals surface area contributed by atoms with Gasteiger partial charge in [-0.1, -0.05) is 0 Å². The number of nitrogens with one attached hydrogen (secondary N) is 2. The number of hydrogen-bond acceptors (Lipinski definition) is 3. The highest BCUT2D eigenvalue weighted by molar-refractivity contribution is 5.94. The highest BCUT2D eigenvalue weighted by atomic mass is 19.1. The van der Waals surface area contributed by atoms with Gasteiger partial charge in [0.05, 0.1) is 12.2 Å². The average Bonchev–Trinajstić information content (AvgIpc) is 2.36. The van der Waals surface area contributed by atoms with Crippen molar-refractivity contribution < 1.29 is 18.3 Å². The van der Waals surface area contributed by atoms with Crippen LogP contribution in [-0.4, -0.2) is 38.3 Å². The Morgan fingerprint density at radius 3 is 2.60 bits per heavy atom. The maximum Gasteiger partial charge on any atom is 0.254 e. The van der Waals surface area contributed by atoms with Gasteiger partial charge in [0.2, 0.25) is 0 Å². The number of hydrogen-bond donors (Lipinski definition) is 2. The molecule has 1 aromatic rings. The van der Waals surface area contributed by atoms with Crippen molar-refractivity contribution in [3.8, 4) is 0 Å². The van der Waals surface area contributed by atoms with Gasteiger partial charge >= 0.3 is 0 Å². The lowest BCUT2D eigenvalue weighted by Gasteiger charge is -2.18. The third kappa shape index (κ3) is 5.22. The zero-order valence-corrected chi connectivity index (χ0v) is 11.9. The minimum atomic E-state index is -0.865. The molecule has 0 aliphatic rings. The van der Waals surface area contributed by atoms with Crippen molar-refractivity contribution in [1.29, 1.82) is 0 Å². The van der Waals surface area contributed by atoms with E-state index in [2.05, 4.69) is 10.6 Å². The Bertz CT molecular complexity index is 455. The lowest BCUT2D eigenvalue weighted by Crippen LogP contribution is -2.43. The second-order valence-corrected chi connectivity index (χ2v) is 4.76. The summed E-state index contributed by atoms with van der Waals surface area (Å²) in [7, 11) is 1.61. The van der Waals surface area contributed by atoms with Gasteiger partial charge in [-0.05, 0) is 26.0 Å². The predicted octanol–water partition coefficient (Wildman–Crippen LogP) is 1.71. The van der Waals surface area contributed by atoms with E-state index < -0.39 is 17.5 Å². The highest BCUT2D eigenvalue weighted by Gasteiger charge is 2.15. The minimum Gasteiger partial charge on any atom is -0.383 e. The molecule has 0 aromatic heterocycles. The summed E-state index contributed by atoms with van der Waals surface area (Å²) < 4.78 is 31.2. The summed E-state index contributed by atoms with van der Waals surface area (Å²) in [6, 6.07) is 2.85. The number of rotatable bonds is 7. The van der Waals surface area contributed by atoms with Gasteiger partial charge in [-0.25, -0.2) is 8.78 Å². The van der Waals surface area contributed by atoms with E-state index in [1.165, 1.54) is 0 Å². The van der Waals surface area contributed by atoms with Crippen molar-refractivity contribution in [3.63, 3.8) is 0 Å². The normalized spacial score (nSPS) is 13.8. The number of ether oxygens (including phenoxy) is 1.